The van der Waals surface area contributed by atoms with Crippen LogP contribution in [0.2, 0.25) is 5.02 Å². The maximum Gasteiger partial charge on any atom is 0.244 e. The van der Waals surface area contributed by atoms with Crippen LogP contribution < -0.4 is 5.32 Å². The highest BCUT2D eigenvalue weighted by molar-refractivity contribution is 7.89. The van der Waals surface area contributed by atoms with Crippen LogP contribution in [0, 0.1) is 18.7 Å². The van der Waals surface area contributed by atoms with Crippen LogP contribution in [-0.2, 0) is 10.0 Å². The van der Waals surface area contributed by atoms with E-state index >= 15 is 0 Å². The van der Waals surface area contributed by atoms with Gasteiger partial charge in [0.1, 0.15) is 10.7 Å². The fourth-order valence-corrected chi connectivity index (χ4v) is 4.65. The van der Waals surface area contributed by atoms with Crippen molar-refractivity contribution < 1.29 is 12.8 Å². The maximum absolute atomic E-state index is 13.4. The van der Waals surface area contributed by atoms with Gasteiger partial charge >= 0.3 is 0 Å². The van der Waals surface area contributed by atoms with Gasteiger partial charge in [-0.25, -0.2) is 12.8 Å². The summed E-state index contributed by atoms with van der Waals surface area (Å²) in [5.74, 6) is -0.00134. The van der Waals surface area contributed by atoms with E-state index in [1.807, 2.05) is 7.05 Å². The van der Waals surface area contributed by atoms with Crippen molar-refractivity contribution in [2.24, 2.45) is 5.92 Å². The third-order valence-electron chi connectivity index (χ3n) is 3.90. The second-order valence-corrected chi connectivity index (χ2v) is 7.75. The summed E-state index contributed by atoms with van der Waals surface area (Å²) < 4.78 is 40.1. The molecule has 1 aromatic carbocycles. The maximum atomic E-state index is 13.4. The number of halogens is 3. The predicted molar refractivity (Wildman–Crippen MR) is 88.8 cm³/mol. The van der Waals surface area contributed by atoms with Crippen LogP contribution in [0.3, 0.4) is 0 Å². The van der Waals surface area contributed by atoms with Crippen molar-refractivity contribution in [3.63, 3.8) is 0 Å². The molecule has 0 radical (unpaired) electrons. The Morgan fingerprint density at radius 3 is 2.50 bits per heavy atom. The van der Waals surface area contributed by atoms with Gasteiger partial charge < -0.3 is 5.32 Å². The third kappa shape index (κ3) is 4.11. The molecule has 0 saturated carbocycles. The van der Waals surface area contributed by atoms with Gasteiger partial charge in [-0.15, -0.1) is 12.4 Å². The van der Waals surface area contributed by atoms with Crippen molar-refractivity contribution >= 4 is 34.0 Å². The zero-order valence-corrected chi connectivity index (χ0v) is 15.0. The number of sulfonamides is 1. The Morgan fingerprint density at radius 1 is 1.36 bits per heavy atom. The summed E-state index contributed by atoms with van der Waals surface area (Å²) in [6, 6.07) is 2.38. The topological polar surface area (TPSA) is 49.4 Å². The molecule has 0 bridgehead atoms. The summed E-state index contributed by atoms with van der Waals surface area (Å²) in [6.07, 6.45) is 1.63. The quantitative estimate of drug-likeness (QED) is 0.886. The molecular formula is C14H21Cl2FN2O2S. The van der Waals surface area contributed by atoms with E-state index in [1.165, 1.54) is 17.3 Å². The molecule has 0 unspecified atom stereocenters. The minimum atomic E-state index is -3.66. The standard InChI is InChI=1S/C14H20ClFN2O2S.ClH/c1-10-7-14(12(15)8-13(10)16)21(19,20)18-5-3-11(4-6-18)9-17-2;/h7-8,11,17H,3-6,9H2,1-2H3;1H. The molecule has 0 amide bonds. The van der Waals surface area contributed by atoms with Crippen LogP contribution in [0.4, 0.5) is 4.39 Å². The Labute approximate surface area is 142 Å². The second-order valence-electron chi connectivity index (χ2n) is 5.44. The van der Waals surface area contributed by atoms with E-state index in [1.54, 1.807) is 0 Å². The monoisotopic (exact) mass is 370 g/mol. The van der Waals surface area contributed by atoms with E-state index in [4.69, 9.17) is 11.6 Å². The van der Waals surface area contributed by atoms with Gasteiger partial charge in [-0.3, -0.25) is 0 Å². The fraction of sp³-hybridized carbons (Fsp3) is 0.571. The summed E-state index contributed by atoms with van der Waals surface area (Å²) in [5, 5.41) is 3.05. The zero-order valence-electron chi connectivity index (χ0n) is 12.6. The molecule has 1 saturated heterocycles. The molecule has 1 aliphatic rings. The minimum absolute atomic E-state index is 0. The predicted octanol–water partition coefficient (Wildman–Crippen LogP) is 2.83. The zero-order chi connectivity index (χ0) is 15.6. The first kappa shape index (κ1) is 19.6. The number of nitrogens with one attached hydrogen (secondary N) is 1. The van der Waals surface area contributed by atoms with Crippen LogP contribution in [0.5, 0.6) is 0 Å². The number of hydrogen-bond donors (Lipinski definition) is 1. The van der Waals surface area contributed by atoms with E-state index in [-0.39, 0.29) is 27.9 Å². The van der Waals surface area contributed by atoms with Gasteiger partial charge in [0.15, 0.2) is 0 Å². The molecule has 126 valence electrons. The number of hydrogen-bond acceptors (Lipinski definition) is 3. The summed E-state index contributed by atoms with van der Waals surface area (Å²) >= 11 is 5.93. The first-order valence-electron chi connectivity index (χ1n) is 6.96. The molecule has 4 nitrogen and oxygen atoms in total. The molecule has 1 aromatic rings. The van der Waals surface area contributed by atoms with Crippen molar-refractivity contribution in [2.45, 2.75) is 24.7 Å². The lowest BCUT2D eigenvalue weighted by Gasteiger charge is -2.31. The summed E-state index contributed by atoms with van der Waals surface area (Å²) in [6.45, 7) is 3.37. The number of rotatable bonds is 4. The Balaban J connectivity index is 0.00000242. The van der Waals surface area contributed by atoms with Crippen molar-refractivity contribution in [1.29, 1.82) is 0 Å². The average Bonchev–Trinajstić information content (AvgIpc) is 2.43. The summed E-state index contributed by atoms with van der Waals surface area (Å²) in [5.41, 5.74) is 0.281. The van der Waals surface area contributed by atoms with Gasteiger partial charge in [0, 0.05) is 13.1 Å². The minimum Gasteiger partial charge on any atom is -0.319 e. The van der Waals surface area contributed by atoms with Gasteiger partial charge in [0.2, 0.25) is 10.0 Å². The molecule has 0 aliphatic carbocycles. The van der Waals surface area contributed by atoms with Crippen LogP contribution in [-0.4, -0.2) is 39.4 Å². The van der Waals surface area contributed by atoms with Crippen LogP contribution in [0.25, 0.3) is 0 Å². The van der Waals surface area contributed by atoms with E-state index < -0.39 is 15.8 Å². The molecule has 8 heteroatoms. The van der Waals surface area contributed by atoms with Crippen molar-refractivity contribution in [3.8, 4) is 0 Å². The van der Waals surface area contributed by atoms with Gasteiger partial charge in [0.25, 0.3) is 0 Å². The Bertz CT molecular complexity index is 618. The van der Waals surface area contributed by atoms with Gasteiger partial charge in [-0.05, 0) is 57.0 Å². The Hall–Kier alpha value is -0.400. The number of aryl methyl sites for hydroxylation is 1. The van der Waals surface area contributed by atoms with Crippen molar-refractivity contribution in [1.82, 2.24) is 9.62 Å². The first-order chi connectivity index (χ1) is 9.86. The van der Waals surface area contributed by atoms with Gasteiger partial charge in [-0.2, -0.15) is 4.31 Å². The highest BCUT2D eigenvalue weighted by Crippen LogP contribution is 2.29. The van der Waals surface area contributed by atoms with E-state index in [9.17, 15) is 12.8 Å². The molecule has 1 fully saturated rings. The lowest BCUT2D eigenvalue weighted by molar-refractivity contribution is 0.270. The summed E-state index contributed by atoms with van der Waals surface area (Å²) in [4.78, 5) is -0.00451. The molecule has 0 aromatic heterocycles. The highest BCUT2D eigenvalue weighted by Gasteiger charge is 2.31. The molecule has 0 spiro atoms. The van der Waals surface area contributed by atoms with Gasteiger partial charge in [-0.1, -0.05) is 11.6 Å². The molecule has 2 rings (SSSR count). The summed E-state index contributed by atoms with van der Waals surface area (Å²) in [7, 11) is -1.76. The van der Waals surface area contributed by atoms with Crippen LogP contribution in [0.1, 0.15) is 18.4 Å². The largest absolute Gasteiger partial charge is 0.319 e. The van der Waals surface area contributed by atoms with Crippen molar-refractivity contribution in [2.75, 3.05) is 26.7 Å². The number of piperidine rings is 1. The second kappa shape index (κ2) is 7.93. The number of nitrogens with zero attached hydrogens (tertiary/aromatic N) is 1. The van der Waals surface area contributed by atoms with Crippen LogP contribution >= 0.6 is 24.0 Å². The molecule has 1 heterocycles. The molecular weight excluding hydrogens is 350 g/mol. The van der Waals surface area contributed by atoms with E-state index in [2.05, 4.69) is 5.32 Å². The van der Waals surface area contributed by atoms with Crippen molar-refractivity contribution in [3.05, 3.63) is 28.5 Å². The molecule has 1 aliphatic heterocycles. The van der Waals surface area contributed by atoms with E-state index in [0.29, 0.717) is 19.0 Å². The fourth-order valence-electron chi connectivity index (χ4n) is 2.61. The molecule has 1 N–H and O–H groups in total. The highest BCUT2D eigenvalue weighted by atomic mass is 35.5. The number of benzene rings is 1. The first-order valence-corrected chi connectivity index (χ1v) is 8.78. The SMILES string of the molecule is CNCC1CCN(S(=O)(=O)c2cc(C)c(F)cc2Cl)CC1.Cl. The Morgan fingerprint density at radius 2 is 1.95 bits per heavy atom. The molecule has 0 atom stereocenters. The lowest BCUT2D eigenvalue weighted by Crippen LogP contribution is -2.40. The Kier molecular flexibility index (Phi) is 7.08. The smallest absolute Gasteiger partial charge is 0.244 e. The molecule has 22 heavy (non-hydrogen) atoms. The van der Waals surface area contributed by atoms with Gasteiger partial charge in [0.05, 0.1) is 5.02 Å². The average molecular weight is 371 g/mol. The third-order valence-corrected chi connectivity index (χ3v) is 6.26. The van der Waals surface area contributed by atoms with Crippen LogP contribution in [0.15, 0.2) is 17.0 Å². The normalized spacial score (nSPS) is 17.3. The lowest BCUT2D eigenvalue weighted by atomic mass is 9.98. The van der Waals surface area contributed by atoms with E-state index in [0.717, 1.165) is 25.5 Å².